The third-order valence-electron chi connectivity index (χ3n) is 3.63. The van der Waals surface area contributed by atoms with E-state index in [0.29, 0.717) is 18.7 Å². The second kappa shape index (κ2) is 7.04. The summed E-state index contributed by atoms with van der Waals surface area (Å²) in [6.45, 7) is 6.48. The van der Waals surface area contributed by atoms with Gasteiger partial charge in [0.15, 0.2) is 9.84 Å². The standard InChI is InChI=1S/C16H23NO3S2/c1-4-21-15-8-6-5-7-14(15)16(18)17-9-13(10-17)22(19,20)11-12(2)3/h5-8,12-13H,4,9-11H2,1-3H3. The van der Waals surface area contributed by atoms with E-state index in [2.05, 4.69) is 0 Å². The van der Waals surface area contributed by atoms with E-state index >= 15 is 0 Å². The largest absolute Gasteiger partial charge is 0.336 e. The molecule has 1 saturated heterocycles. The van der Waals surface area contributed by atoms with Crippen molar-refractivity contribution in [3.05, 3.63) is 29.8 Å². The first kappa shape index (κ1) is 17.3. The van der Waals surface area contributed by atoms with Crippen LogP contribution < -0.4 is 0 Å². The zero-order chi connectivity index (χ0) is 16.3. The third-order valence-corrected chi connectivity index (χ3v) is 7.03. The van der Waals surface area contributed by atoms with Gasteiger partial charge in [0.2, 0.25) is 0 Å². The lowest BCUT2D eigenvalue weighted by molar-refractivity contribution is 0.0655. The van der Waals surface area contributed by atoms with Crippen molar-refractivity contribution in [2.75, 3.05) is 24.6 Å². The Balaban J connectivity index is 2.03. The molecule has 1 fully saturated rings. The molecule has 0 N–H and O–H groups in total. The van der Waals surface area contributed by atoms with E-state index in [1.165, 1.54) is 0 Å². The van der Waals surface area contributed by atoms with Crippen molar-refractivity contribution >= 4 is 27.5 Å². The first-order valence-electron chi connectivity index (χ1n) is 7.57. The normalized spacial score (nSPS) is 15.9. The summed E-state index contributed by atoms with van der Waals surface area (Å²) >= 11 is 1.63. The van der Waals surface area contributed by atoms with E-state index < -0.39 is 15.1 Å². The average molecular weight is 341 g/mol. The molecular weight excluding hydrogens is 318 g/mol. The van der Waals surface area contributed by atoms with Crippen LogP contribution >= 0.6 is 11.8 Å². The molecule has 1 heterocycles. The summed E-state index contributed by atoms with van der Waals surface area (Å²) in [5, 5.41) is -0.398. The zero-order valence-corrected chi connectivity index (χ0v) is 14.9. The summed E-state index contributed by atoms with van der Waals surface area (Å²) < 4.78 is 24.3. The Labute approximate surface area is 137 Å². The monoisotopic (exact) mass is 341 g/mol. The van der Waals surface area contributed by atoms with Crippen LogP contribution in [-0.2, 0) is 9.84 Å². The Morgan fingerprint density at radius 1 is 1.32 bits per heavy atom. The molecule has 0 atom stereocenters. The number of carbonyl (C=O) groups is 1. The molecule has 0 aromatic heterocycles. The number of likely N-dealkylation sites (tertiary alicyclic amines) is 1. The number of thioether (sulfide) groups is 1. The van der Waals surface area contributed by atoms with Gasteiger partial charge in [-0.1, -0.05) is 32.9 Å². The van der Waals surface area contributed by atoms with Crippen LogP contribution in [0.25, 0.3) is 0 Å². The zero-order valence-electron chi connectivity index (χ0n) is 13.3. The predicted molar refractivity (Wildman–Crippen MR) is 91.2 cm³/mol. The highest BCUT2D eigenvalue weighted by atomic mass is 32.2. The molecule has 0 bridgehead atoms. The molecule has 0 unspecified atom stereocenters. The van der Waals surface area contributed by atoms with Gasteiger partial charge in [-0.25, -0.2) is 8.42 Å². The number of hydrogen-bond donors (Lipinski definition) is 0. The Hall–Kier alpha value is -1.01. The lowest BCUT2D eigenvalue weighted by Gasteiger charge is -2.39. The predicted octanol–water partition coefficient (Wildman–Crippen LogP) is 2.69. The fourth-order valence-electron chi connectivity index (χ4n) is 2.53. The van der Waals surface area contributed by atoms with Gasteiger partial charge in [0.1, 0.15) is 0 Å². The van der Waals surface area contributed by atoms with Gasteiger partial charge in [0, 0.05) is 18.0 Å². The molecule has 0 spiro atoms. The van der Waals surface area contributed by atoms with Crippen molar-refractivity contribution < 1.29 is 13.2 Å². The van der Waals surface area contributed by atoms with E-state index in [4.69, 9.17) is 0 Å². The maximum absolute atomic E-state index is 12.5. The molecule has 1 aromatic carbocycles. The van der Waals surface area contributed by atoms with Crippen molar-refractivity contribution in [3.63, 3.8) is 0 Å². The van der Waals surface area contributed by atoms with Gasteiger partial charge < -0.3 is 4.90 Å². The maximum atomic E-state index is 12.5. The molecular formula is C16H23NO3S2. The highest BCUT2D eigenvalue weighted by Gasteiger charge is 2.40. The molecule has 1 amide bonds. The second-order valence-electron chi connectivity index (χ2n) is 5.98. The Bertz CT molecular complexity index is 635. The number of sulfone groups is 1. The third kappa shape index (κ3) is 3.84. The summed E-state index contributed by atoms with van der Waals surface area (Å²) in [5.41, 5.74) is 0.675. The van der Waals surface area contributed by atoms with Crippen molar-refractivity contribution in [2.45, 2.75) is 30.9 Å². The number of carbonyl (C=O) groups excluding carboxylic acids is 1. The van der Waals surface area contributed by atoms with Gasteiger partial charge in [-0.15, -0.1) is 11.8 Å². The van der Waals surface area contributed by atoms with Crippen LogP contribution in [0.2, 0.25) is 0 Å². The molecule has 1 aliphatic heterocycles. The second-order valence-corrected chi connectivity index (χ2v) is 9.62. The fraction of sp³-hybridized carbons (Fsp3) is 0.562. The van der Waals surface area contributed by atoms with E-state index in [0.717, 1.165) is 10.6 Å². The van der Waals surface area contributed by atoms with Gasteiger partial charge >= 0.3 is 0 Å². The number of rotatable bonds is 6. The highest BCUT2D eigenvalue weighted by molar-refractivity contribution is 7.99. The maximum Gasteiger partial charge on any atom is 0.255 e. The highest BCUT2D eigenvalue weighted by Crippen LogP contribution is 2.27. The summed E-state index contributed by atoms with van der Waals surface area (Å²) in [6, 6.07) is 7.52. The van der Waals surface area contributed by atoms with E-state index in [1.54, 1.807) is 16.7 Å². The minimum atomic E-state index is -3.09. The average Bonchev–Trinajstić information content (AvgIpc) is 2.35. The van der Waals surface area contributed by atoms with Crippen LogP contribution in [0.5, 0.6) is 0 Å². The van der Waals surface area contributed by atoms with Crippen molar-refractivity contribution in [1.29, 1.82) is 0 Å². The summed E-state index contributed by atoms with van der Waals surface area (Å²) in [6.07, 6.45) is 0. The first-order valence-corrected chi connectivity index (χ1v) is 10.3. The van der Waals surface area contributed by atoms with Crippen LogP contribution in [0.15, 0.2) is 29.2 Å². The van der Waals surface area contributed by atoms with Crippen molar-refractivity contribution in [3.8, 4) is 0 Å². The molecule has 0 saturated carbocycles. The lowest BCUT2D eigenvalue weighted by atomic mass is 10.1. The van der Waals surface area contributed by atoms with Crippen LogP contribution in [0.3, 0.4) is 0 Å². The minimum absolute atomic E-state index is 0.0625. The minimum Gasteiger partial charge on any atom is -0.336 e. The summed E-state index contributed by atoms with van der Waals surface area (Å²) in [4.78, 5) is 15.1. The molecule has 6 heteroatoms. The van der Waals surface area contributed by atoms with Crippen molar-refractivity contribution in [1.82, 2.24) is 4.90 Å². The number of nitrogens with zero attached hydrogens (tertiary/aromatic N) is 1. The number of amides is 1. The van der Waals surface area contributed by atoms with Gasteiger partial charge in [-0.3, -0.25) is 4.79 Å². The van der Waals surface area contributed by atoms with Gasteiger partial charge in [-0.05, 0) is 23.8 Å². The topological polar surface area (TPSA) is 54.5 Å². The van der Waals surface area contributed by atoms with Gasteiger partial charge in [-0.2, -0.15) is 0 Å². The van der Waals surface area contributed by atoms with Crippen molar-refractivity contribution in [2.24, 2.45) is 5.92 Å². The Kier molecular flexibility index (Phi) is 5.55. The van der Waals surface area contributed by atoms with E-state index in [1.807, 2.05) is 45.0 Å². The lowest BCUT2D eigenvalue weighted by Crippen LogP contribution is -2.57. The quantitative estimate of drug-likeness (QED) is 0.747. The van der Waals surface area contributed by atoms with Gasteiger partial charge in [0.05, 0.1) is 16.6 Å². The first-order chi connectivity index (χ1) is 10.3. The Morgan fingerprint density at radius 2 is 1.95 bits per heavy atom. The molecule has 4 nitrogen and oxygen atoms in total. The molecule has 1 aromatic rings. The molecule has 122 valence electrons. The van der Waals surface area contributed by atoms with E-state index in [-0.39, 0.29) is 17.6 Å². The van der Waals surface area contributed by atoms with Crippen LogP contribution in [-0.4, -0.2) is 49.1 Å². The molecule has 0 aliphatic carbocycles. The van der Waals surface area contributed by atoms with Crippen LogP contribution in [0.4, 0.5) is 0 Å². The molecule has 22 heavy (non-hydrogen) atoms. The number of hydrogen-bond acceptors (Lipinski definition) is 4. The fourth-order valence-corrected chi connectivity index (χ4v) is 5.34. The SMILES string of the molecule is CCSc1ccccc1C(=O)N1CC(S(=O)(=O)CC(C)C)C1. The number of benzene rings is 1. The van der Waals surface area contributed by atoms with Crippen LogP contribution in [0.1, 0.15) is 31.1 Å². The van der Waals surface area contributed by atoms with E-state index in [9.17, 15) is 13.2 Å². The smallest absolute Gasteiger partial charge is 0.255 e. The Morgan fingerprint density at radius 3 is 2.55 bits per heavy atom. The molecule has 2 rings (SSSR count). The molecule has 0 radical (unpaired) electrons. The van der Waals surface area contributed by atoms with Crippen LogP contribution in [0, 0.1) is 5.92 Å². The van der Waals surface area contributed by atoms with Gasteiger partial charge in [0.25, 0.3) is 5.91 Å². The molecule has 1 aliphatic rings. The summed E-state index contributed by atoms with van der Waals surface area (Å²) in [7, 11) is -3.09. The summed E-state index contributed by atoms with van der Waals surface area (Å²) in [5.74, 6) is 1.15.